The molecule has 0 aliphatic rings. The van der Waals surface area contributed by atoms with Crippen molar-refractivity contribution in [3.8, 4) is 11.1 Å². The first-order valence-corrected chi connectivity index (χ1v) is 5.01. The molecular weight excluding hydrogens is 206 g/mol. The zero-order valence-electron chi connectivity index (χ0n) is 8.02. The lowest BCUT2D eigenvalue weighted by Gasteiger charge is -2.02. The first kappa shape index (κ1) is 10.3. The maximum absolute atomic E-state index is 8.79. The van der Waals surface area contributed by atoms with Crippen molar-refractivity contribution in [2.45, 2.75) is 0 Å². The molecule has 0 heterocycles. The third-order valence-electron chi connectivity index (χ3n) is 2.24. The molecule has 0 spiro atoms. The molecule has 1 radical (unpaired) electrons. The van der Waals surface area contributed by atoms with Crippen LogP contribution < -0.4 is 5.46 Å². The van der Waals surface area contributed by atoms with Gasteiger partial charge in [0.25, 0.3) is 0 Å². The summed E-state index contributed by atoms with van der Waals surface area (Å²) in [5.74, 6) is 0. The van der Waals surface area contributed by atoms with Crippen LogP contribution in [0.15, 0.2) is 48.5 Å². The van der Waals surface area contributed by atoms with Crippen LogP contribution in [0.4, 0.5) is 0 Å². The maximum atomic E-state index is 8.79. The second-order valence-electron chi connectivity index (χ2n) is 3.26. The van der Waals surface area contributed by atoms with Crippen LogP contribution in [-0.2, 0) is 0 Å². The topological polar surface area (TPSA) is 20.2 Å². The van der Waals surface area contributed by atoms with E-state index in [9.17, 15) is 0 Å². The molecule has 0 bridgehead atoms. The van der Waals surface area contributed by atoms with E-state index < -0.39 is 0 Å². The van der Waals surface area contributed by atoms with Gasteiger partial charge in [0.1, 0.15) is 0 Å². The quantitative estimate of drug-likeness (QED) is 0.762. The molecule has 0 atom stereocenters. The molecule has 0 aliphatic carbocycles. The minimum atomic E-state index is 0.735. The van der Waals surface area contributed by atoms with Gasteiger partial charge in [-0.05, 0) is 23.3 Å². The third kappa shape index (κ3) is 2.41. The van der Waals surface area contributed by atoms with Gasteiger partial charge in [-0.15, -0.1) is 0 Å². The minimum Gasteiger partial charge on any atom is -0.450 e. The van der Waals surface area contributed by atoms with Crippen LogP contribution in [0.25, 0.3) is 11.1 Å². The summed E-state index contributed by atoms with van der Waals surface area (Å²) < 4.78 is 0. The minimum absolute atomic E-state index is 0.735. The number of halogens is 1. The predicted molar refractivity (Wildman–Crippen MR) is 64.5 cm³/mol. The second-order valence-corrected chi connectivity index (χ2v) is 3.69. The molecule has 0 aromatic heterocycles. The number of hydrogen-bond donors (Lipinski definition) is 1. The molecule has 0 unspecified atom stereocenters. The van der Waals surface area contributed by atoms with Gasteiger partial charge in [0.05, 0.1) is 0 Å². The van der Waals surface area contributed by atoms with E-state index >= 15 is 0 Å². The Balaban J connectivity index is 2.33. The number of hydrogen-bond acceptors (Lipinski definition) is 1. The summed E-state index contributed by atoms with van der Waals surface area (Å²) in [5, 5.41) is 9.53. The van der Waals surface area contributed by atoms with Crippen LogP contribution in [0, 0.1) is 0 Å². The van der Waals surface area contributed by atoms with Crippen LogP contribution in [-0.4, -0.2) is 12.5 Å². The Morgan fingerprint density at radius 1 is 0.800 bits per heavy atom. The van der Waals surface area contributed by atoms with Gasteiger partial charge in [-0.25, -0.2) is 0 Å². The van der Waals surface area contributed by atoms with Crippen LogP contribution in [0.5, 0.6) is 0 Å². The Bertz CT molecular complexity index is 436. The first-order valence-electron chi connectivity index (χ1n) is 4.63. The van der Waals surface area contributed by atoms with E-state index in [2.05, 4.69) is 0 Å². The summed E-state index contributed by atoms with van der Waals surface area (Å²) in [5.41, 5.74) is 3.02. The van der Waals surface area contributed by atoms with Crippen LogP contribution >= 0.6 is 11.6 Å². The van der Waals surface area contributed by atoms with Crippen molar-refractivity contribution < 1.29 is 5.02 Å². The van der Waals surface area contributed by atoms with Crippen LogP contribution in [0.1, 0.15) is 0 Å². The van der Waals surface area contributed by atoms with Crippen molar-refractivity contribution in [3.05, 3.63) is 53.6 Å². The monoisotopic (exact) mass is 215 g/mol. The molecule has 3 heteroatoms. The highest BCUT2D eigenvalue weighted by molar-refractivity contribution is 6.45. The van der Waals surface area contributed by atoms with Gasteiger partial charge in [0.2, 0.25) is 0 Å². The van der Waals surface area contributed by atoms with Crippen molar-refractivity contribution in [3.63, 3.8) is 0 Å². The molecule has 0 saturated carbocycles. The zero-order chi connectivity index (χ0) is 10.7. The average molecular weight is 215 g/mol. The van der Waals surface area contributed by atoms with Crippen LogP contribution in [0.3, 0.4) is 0 Å². The standard InChI is InChI=1S/C12H9BClO/c14-12-7-3-10(4-8-12)9-1-5-11(13-15)6-2-9/h1-8,15H. The second kappa shape index (κ2) is 4.52. The molecule has 2 aromatic rings. The van der Waals surface area contributed by atoms with E-state index in [1.165, 1.54) is 0 Å². The molecule has 0 fully saturated rings. The molecular formula is C12H9BClO. The molecule has 73 valence electrons. The van der Waals surface area contributed by atoms with Gasteiger partial charge >= 0.3 is 7.48 Å². The zero-order valence-corrected chi connectivity index (χ0v) is 8.78. The average Bonchev–Trinajstić information content (AvgIpc) is 2.30. The van der Waals surface area contributed by atoms with E-state index in [0.717, 1.165) is 29.1 Å². The van der Waals surface area contributed by atoms with E-state index in [1.54, 1.807) is 0 Å². The summed E-state index contributed by atoms with van der Waals surface area (Å²) in [7, 11) is 1.09. The van der Waals surface area contributed by atoms with Gasteiger partial charge in [0.15, 0.2) is 0 Å². The summed E-state index contributed by atoms with van der Waals surface area (Å²) in [6.07, 6.45) is 0. The Morgan fingerprint density at radius 3 is 1.73 bits per heavy atom. The molecule has 0 amide bonds. The van der Waals surface area contributed by atoms with Crippen molar-refractivity contribution >= 4 is 24.5 Å². The van der Waals surface area contributed by atoms with E-state index in [4.69, 9.17) is 16.6 Å². The van der Waals surface area contributed by atoms with Gasteiger partial charge in [-0.1, -0.05) is 53.5 Å². The fraction of sp³-hybridized carbons (Fsp3) is 0. The van der Waals surface area contributed by atoms with Crippen molar-refractivity contribution in [2.24, 2.45) is 0 Å². The summed E-state index contributed by atoms with van der Waals surface area (Å²) >= 11 is 5.81. The Labute approximate surface area is 94.6 Å². The summed E-state index contributed by atoms with van der Waals surface area (Å²) in [6.45, 7) is 0. The predicted octanol–water partition coefficient (Wildman–Crippen LogP) is 2.24. The molecule has 0 saturated heterocycles. The first-order chi connectivity index (χ1) is 7.29. The number of benzene rings is 2. The molecule has 1 nitrogen and oxygen atoms in total. The normalized spacial score (nSPS) is 10.0. The Kier molecular flexibility index (Phi) is 3.09. The highest BCUT2D eigenvalue weighted by Gasteiger charge is 1.98. The maximum Gasteiger partial charge on any atom is 0.326 e. The van der Waals surface area contributed by atoms with Gasteiger partial charge in [0, 0.05) is 5.02 Å². The highest BCUT2D eigenvalue weighted by atomic mass is 35.5. The van der Waals surface area contributed by atoms with Crippen molar-refractivity contribution in [1.82, 2.24) is 0 Å². The lowest BCUT2D eigenvalue weighted by Crippen LogP contribution is -2.11. The molecule has 2 aromatic carbocycles. The summed E-state index contributed by atoms with van der Waals surface area (Å²) in [4.78, 5) is 0. The van der Waals surface area contributed by atoms with E-state index in [1.807, 2.05) is 48.5 Å². The highest BCUT2D eigenvalue weighted by Crippen LogP contribution is 2.20. The smallest absolute Gasteiger partial charge is 0.326 e. The van der Waals surface area contributed by atoms with Crippen molar-refractivity contribution in [2.75, 3.05) is 0 Å². The van der Waals surface area contributed by atoms with Gasteiger partial charge in [-0.2, -0.15) is 0 Å². The third-order valence-corrected chi connectivity index (χ3v) is 2.49. The Morgan fingerprint density at radius 2 is 1.27 bits per heavy atom. The molecule has 2 rings (SSSR count). The van der Waals surface area contributed by atoms with Gasteiger partial charge < -0.3 is 5.02 Å². The largest absolute Gasteiger partial charge is 0.450 e. The molecule has 1 N–H and O–H groups in total. The SMILES string of the molecule is O[B]c1ccc(-c2ccc(Cl)cc2)cc1. The van der Waals surface area contributed by atoms with Crippen molar-refractivity contribution in [1.29, 1.82) is 0 Å². The van der Waals surface area contributed by atoms with E-state index in [0.29, 0.717) is 0 Å². The Hall–Kier alpha value is -1.25. The lowest BCUT2D eigenvalue weighted by molar-refractivity contribution is 0.615. The fourth-order valence-electron chi connectivity index (χ4n) is 1.40. The fourth-order valence-corrected chi connectivity index (χ4v) is 1.53. The lowest BCUT2D eigenvalue weighted by atomic mass is 9.87. The van der Waals surface area contributed by atoms with Crippen LogP contribution in [0.2, 0.25) is 5.02 Å². The number of rotatable bonds is 2. The molecule has 0 aliphatic heterocycles. The summed E-state index contributed by atoms with van der Waals surface area (Å²) in [6, 6.07) is 15.3. The van der Waals surface area contributed by atoms with Gasteiger partial charge in [-0.3, -0.25) is 0 Å². The molecule has 15 heavy (non-hydrogen) atoms. The van der Waals surface area contributed by atoms with E-state index in [-0.39, 0.29) is 0 Å².